The third kappa shape index (κ3) is 3.51. The molecule has 0 fully saturated rings. The molecular formula is C13H18N4O2. The molecule has 102 valence electrons. The van der Waals surface area contributed by atoms with Gasteiger partial charge in [-0.2, -0.15) is 4.98 Å². The molecule has 2 rings (SSSR count). The van der Waals surface area contributed by atoms with Crippen molar-refractivity contribution in [3.05, 3.63) is 35.6 Å². The average Bonchev–Trinajstić information content (AvgIpc) is 2.88. The first-order valence-corrected chi connectivity index (χ1v) is 6.30. The molecule has 0 bridgehead atoms. The number of hydrogen-bond acceptors (Lipinski definition) is 6. The third-order valence-corrected chi connectivity index (χ3v) is 2.77. The monoisotopic (exact) mass is 262 g/mol. The van der Waals surface area contributed by atoms with Crippen LogP contribution in [-0.4, -0.2) is 22.2 Å². The maximum absolute atomic E-state index is 5.92. The SMILES string of the molecule is CCC[C@@H](N)c1nc(Cc2ccc(OC)nc2)no1. The van der Waals surface area contributed by atoms with Crippen LogP contribution in [0.15, 0.2) is 22.9 Å². The molecule has 1 atom stereocenters. The van der Waals surface area contributed by atoms with Crippen molar-refractivity contribution in [2.24, 2.45) is 5.73 Å². The fourth-order valence-corrected chi connectivity index (χ4v) is 1.74. The minimum atomic E-state index is -0.180. The summed E-state index contributed by atoms with van der Waals surface area (Å²) in [7, 11) is 1.59. The van der Waals surface area contributed by atoms with E-state index in [0.717, 1.165) is 18.4 Å². The summed E-state index contributed by atoms with van der Waals surface area (Å²) >= 11 is 0. The molecule has 19 heavy (non-hydrogen) atoms. The zero-order valence-corrected chi connectivity index (χ0v) is 11.2. The fraction of sp³-hybridized carbons (Fsp3) is 0.462. The molecule has 0 unspecified atom stereocenters. The van der Waals surface area contributed by atoms with E-state index in [1.165, 1.54) is 0 Å². The molecule has 0 aliphatic heterocycles. The Bertz CT molecular complexity index is 510. The van der Waals surface area contributed by atoms with E-state index in [2.05, 4.69) is 22.0 Å². The van der Waals surface area contributed by atoms with Gasteiger partial charge in [-0.1, -0.05) is 24.6 Å². The molecular weight excluding hydrogens is 244 g/mol. The largest absolute Gasteiger partial charge is 0.481 e. The predicted molar refractivity (Wildman–Crippen MR) is 69.7 cm³/mol. The van der Waals surface area contributed by atoms with Gasteiger partial charge in [0.05, 0.1) is 13.2 Å². The molecule has 0 saturated heterocycles. The van der Waals surface area contributed by atoms with Gasteiger partial charge in [0.15, 0.2) is 5.82 Å². The van der Waals surface area contributed by atoms with Gasteiger partial charge in [-0.3, -0.25) is 0 Å². The average molecular weight is 262 g/mol. The zero-order chi connectivity index (χ0) is 13.7. The summed E-state index contributed by atoms with van der Waals surface area (Å²) in [5, 5.41) is 3.93. The number of rotatable bonds is 6. The van der Waals surface area contributed by atoms with Gasteiger partial charge in [-0.25, -0.2) is 4.98 Å². The van der Waals surface area contributed by atoms with Crippen LogP contribution >= 0.6 is 0 Å². The quantitative estimate of drug-likeness (QED) is 0.855. The Labute approximate surface area is 112 Å². The first-order valence-electron chi connectivity index (χ1n) is 6.30. The Morgan fingerprint density at radius 2 is 2.26 bits per heavy atom. The van der Waals surface area contributed by atoms with Gasteiger partial charge >= 0.3 is 0 Å². The minimum Gasteiger partial charge on any atom is -0.481 e. The Kier molecular flexibility index (Phi) is 4.46. The van der Waals surface area contributed by atoms with Crippen LogP contribution in [0.3, 0.4) is 0 Å². The van der Waals surface area contributed by atoms with E-state index < -0.39 is 0 Å². The van der Waals surface area contributed by atoms with Crippen LogP contribution in [0.5, 0.6) is 5.88 Å². The summed E-state index contributed by atoms with van der Waals surface area (Å²) in [6.07, 6.45) is 4.13. The summed E-state index contributed by atoms with van der Waals surface area (Å²) in [6, 6.07) is 3.55. The van der Waals surface area contributed by atoms with E-state index in [9.17, 15) is 0 Å². The first kappa shape index (κ1) is 13.5. The Hall–Kier alpha value is -1.95. The Morgan fingerprint density at radius 3 is 2.89 bits per heavy atom. The molecule has 0 saturated carbocycles. The van der Waals surface area contributed by atoms with Crippen molar-refractivity contribution in [2.45, 2.75) is 32.2 Å². The molecule has 2 heterocycles. The van der Waals surface area contributed by atoms with Crippen molar-refractivity contribution >= 4 is 0 Å². The second-order valence-electron chi connectivity index (χ2n) is 4.33. The standard InChI is InChI=1S/C13H18N4O2/c1-3-4-10(14)13-16-11(17-19-13)7-9-5-6-12(18-2)15-8-9/h5-6,8,10H,3-4,7,14H2,1-2H3/t10-/m1/s1. The van der Waals surface area contributed by atoms with Gasteiger partial charge in [-0.15, -0.1) is 0 Å². The van der Waals surface area contributed by atoms with Crippen molar-refractivity contribution < 1.29 is 9.26 Å². The predicted octanol–water partition coefficient (Wildman–Crippen LogP) is 1.86. The molecule has 0 aromatic carbocycles. The minimum absolute atomic E-state index is 0.180. The highest BCUT2D eigenvalue weighted by atomic mass is 16.5. The van der Waals surface area contributed by atoms with E-state index >= 15 is 0 Å². The maximum atomic E-state index is 5.92. The smallest absolute Gasteiger partial charge is 0.243 e. The summed E-state index contributed by atoms with van der Waals surface area (Å²) in [6.45, 7) is 2.07. The van der Waals surface area contributed by atoms with Gasteiger partial charge in [0.25, 0.3) is 0 Å². The van der Waals surface area contributed by atoms with Crippen LogP contribution < -0.4 is 10.5 Å². The number of ether oxygens (including phenoxy) is 1. The molecule has 0 aliphatic carbocycles. The number of methoxy groups -OCH3 is 1. The molecule has 0 amide bonds. The highest BCUT2D eigenvalue weighted by Crippen LogP contribution is 2.15. The summed E-state index contributed by atoms with van der Waals surface area (Å²) in [4.78, 5) is 8.44. The van der Waals surface area contributed by atoms with Crippen LogP contribution in [0.2, 0.25) is 0 Å². The molecule has 2 N–H and O–H groups in total. The van der Waals surface area contributed by atoms with Crippen molar-refractivity contribution in [2.75, 3.05) is 7.11 Å². The molecule has 0 aliphatic rings. The van der Waals surface area contributed by atoms with Gasteiger partial charge in [0.2, 0.25) is 11.8 Å². The highest BCUT2D eigenvalue weighted by Gasteiger charge is 2.14. The fourth-order valence-electron chi connectivity index (χ4n) is 1.74. The van der Waals surface area contributed by atoms with Crippen molar-refractivity contribution in [1.82, 2.24) is 15.1 Å². The molecule has 0 radical (unpaired) electrons. The van der Waals surface area contributed by atoms with Crippen LogP contribution in [0, 0.1) is 0 Å². The van der Waals surface area contributed by atoms with Crippen LogP contribution in [0.25, 0.3) is 0 Å². The van der Waals surface area contributed by atoms with E-state index in [0.29, 0.717) is 24.0 Å². The van der Waals surface area contributed by atoms with E-state index in [1.807, 2.05) is 6.07 Å². The number of nitrogens with zero attached hydrogens (tertiary/aromatic N) is 3. The van der Waals surface area contributed by atoms with Crippen LogP contribution in [-0.2, 0) is 6.42 Å². The first-order chi connectivity index (χ1) is 9.22. The molecule has 6 heteroatoms. The second kappa shape index (κ2) is 6.29. The summed E-state index contributed by atoms with van der Waals surface area (Å²) in [5.41, 5.74) is 6.92. The van der Waals surface area contributed by atoms with Gasteiger partial charge in [0, 0.05) is 18.7 Å². The van der Waals surface area contributed by atoms with E-state index in [-0.39, 0.29) is 6.04 Å². The second-order valence-corrected chi connectivity index (χ2v) is 4.33. The molecule has 6 nitrogen and oxygen atoms in total. The lowest BCUT2D eigenvalue weighted by molar-refractivity contribution is 0.345. The molecule has 2 aromatic rings. The van der Waals surface area contributed by atoms with Crippen LogP contribution in [0.4, 0.5) is 0 Å². The molecule has 2 aromatic heterocycles. The Balaban J connectivity index is 2.02. The number of aromatic nitrogens is 3. The summed E-state index contributed by atoms with van der Waals surface area (Å²) in [5.74, 6) is 1.70. The highest BCUT2D eigenvalue weighted by molar-refractivity contribution is 5.20. The maximum Gasteiger partial charge on any atom is 0.243 e. The lowest BCUT2D eigenvalue weighted by Crippen LogP contribution is -2.10. The van der Waals surface area contributed by atoms with Crippen LogP contribution in [0.1, 0.15) is 43.1 Å². The normalized spacial score (nSPS) is 12.4. The number of hydrogen-bond donors (Lipinski definition) is 1. The van der Waals surface area contributed by atoms with E-state index in [4.69, 9.17) is 15.0 Å². The third-order valence-electron chi connectivity index (χ3n) is 2.77. The van der Waals surface area contributed by atoms with Crippen molar-refractivity contribution in [1.29, 1.82) is 0 Å². The number of pyridine rings is 1. The van der Waals surface area contributed by atoms with Gasteiger partial charge in [-0.05, 0) is 12.0 Å². The Morgan fingerprint density at radius 1 is 1.42 bits per heavy atom. The van der Waals surface area contributed by atoms with Crippen molar-refractivity contribution in [3.63, 3.8) is 0 Å². The van der Waals surface area contributed by atoms with E-state index in [1.54, 1.807) is 19.4 Å². The zero-order valence-electron chi connectivity index (χ0n) is 11.2. The lowest BCUT2D eigenvalue weighted by atomic mass is 10.2. The molecule has 0 spiro atoms. The van der Waals surface area contributed by atoms with Gasteiger partial charge < -0.3 is 15.0 Å². The number of nitrogens with two attached hydrogens (primary N) is 1. The van der Waals surface area contributed by atoms with Crippen molar-refractivity contribution in [3.8, 4) is 5.88 Å². The summed E-state index contributed by atoms with van der Waals surface area (Å²) < 4.78 is 10.2. The lowest BCUT2D eigenvalue weighted by Gasteiger charge is -2.02. The van der Waals surface area contributed by atoms with Gasteiger partial charge in [0.1, 0.15) is 0 Å². The topological polar surface area (TPSA) is 87.1 Å².